The predicted octanol–water partition coefficient (Wildman–Crippen LogP) is 4.62. The van der Waals surface area contributed by atoms with Crippen molar-refractivity contribution in [3.63, 3.8) is 0 Å². The summed E-state index contributed by atoms with van der Waals surface area (Å²) in [5.74, 6) is 0.357. The van der Waals surface area contributed by atoms with E-state index in [0.717, 1.165) is 37.0 Å². The van der Waals surface area contributed by atoms with Gasteiger partial charge in [0.1, 0.15) is 6.10 Å². The zero-order chi connectivity index (χ0) is 14.8. The predicted molar refractivity (Wildman–Crippen MR) is 83.6 cm³/mol. The average molecular weight is 304 g/mol. The quantitative estimate of drug-likeness (QED) is 0.760. The van der Waals surface area contributed by atoms with Crippen LogP contribution in [0.25, 0.3) is 10.9 Å². The summed E-state index contributed by atoms with van der Waals surface area (Å²) in [7, 11) is 0. The Morgan fingerprint density at radius 2 is 1.95 bits per heavy atom. The van der Waals surface area contributed by atoms with Crippen LogP contribution in [0.5, 0.6) is 0 Å². The minimum absolute atomic E-state index is 0.0146. The normalized spacial score (nSPS) is 22.2. The van der Waals surface area contributed by atoms with E-state index in [-0.39, 0.29) is 17.8 Å². The number of carbonyl (C=O) groups is 1. The van der Waals surface area contributed by atoms with Crippen molar-refractivity contribution in [2.24, 2.45) is 5.92 Å². The van der Waals surface area contributed by atoms with E-state index in [9.17, 15) is 4.79 Å². The van der Waals surface area contributed by atoms with E-state index in [1.165, 1.54) is 0 Å². The Kier molecular flexibility index (Phi) is 4.11. The summed E-state index contributed by atoms with van der Waals surface area (Å²) in [6.45, 7) is 2.24. The SMILES string of the molecule is CC1CCC(OC(=O)c2cc(Cl)c3ccccc3n2)CC1. The molecule has 1 saturated carbocycles. The monoisotopic (exact) mass is 303 g/mol. The second-order valence-electron chi connectivity index (χ2n) is 5.79. The van der Waals surface area contributed by atoms with E-state index in [1.807, 2.05) is 24.3 Å². The number of rotatable bonds is 2. The van der Waals surface area contributed by atoms with Crippen molar-refractivity contribution in [3.05, 3.63) is 41.0 Å². The molecule has 21 heavy (non-hydrogen) atoms. The van der Waals surface area contributed by atoms with E-state index >= 15 is 0 Å². The van der Waals surface area contributed by atoms with Crippen LogP contribution in [0.2, 0.25) is 5.02 Å². The van der Waals surface area contributed by atoms with Gasteiger partial charge in [-0.25, -0.2) is 9.78 Å². The lowest BCUT2D eigenvalue weighted by Gasteiger charge is -2.25. The molecule has 0 bridgehead atoms. The number of ether oxygens (including phenoxy) is 1. The Morgan fingerprint density at radius 3 is 2.71 bits per heavy atom. The molecule has 3 rings (SSSR count). The molecular weight excluding hydrogens is 286 g/mol. The largest absolute Gasteiger partial charge is 0.458 e. The van der Waals surface area contributed by atoms with Crippen molar-refractivity contribution in [2.45, 2.75) is 38.7 Å². The third kappa shape index (κ3) is 3.18. The third-order valence-electron chi connectivity index (χ3n) is 4.11. The van der Waals surface area contributed by atoms with Crippen LogP contribution in [0.3, 0.4) is 0 Å². The number of pyridine rings is 1. The highest BCUT2D eigenvalue weighted by atomic mass is 35.5. The van der Waals surface area contributed by atoms with Gasteiger partial charge in [0.15, 0.2) is 5.69 Å². The van der Waals surface area contributed by atoms with E-state index in [2.05, 4.69) is 11.9 Å². The van der Waals surface area contributed by atoms with Gasteiger partial charge in [0.05, 0.1) is 10.5 Å². The fourth-order valence-electron chi connectivity index (χ4n) is 2.80. The highest BCUT2D eigenvalue weighted by Crippen LogP contribution is 2.27. The minimum atomic E-state index is -0.373. The molecule has 1 aromatic carbocycles. The maximum absolute atomic E-state index is 12.2. The Bertz CT molecular complexity index is 663. The molecule has 3 nitrogen and oxygen atoms in total. The molecule has 1 heterocycles. The molecule has 0 atom stereocenters. The van der Waals surface area contributed by atoms with Gasteiger partial charge in [0.25, 0.3) is 0 Å². The summed E-state index contributed by atoms with van der Waals surface area (Å²) in [4.78, 5) is 16.6. The first-order valence-electron chi connectivity index (χ1n) is 7.40. The Morgan fingerprint density at radius 1 is 1.24 bits per heavy atom. The van der Waals surface area contributed by atoms with E-state index in [0.29, 0.717) is 10.5 Å². The van der Waals surface area contributed by atoms with Crippen LogP contribution in [0.15, 0.2) is 30.3 Å². The van der Waals surface area contributed by atoms with Crippen molar-refractivity contribution in [1.29, 1.82) is 0 Å². The molecular formula is C17H18ClNO2. The van der Waals surface area contributed by atoms with Crippen molar-refractivity contribution in [3.8, 4) is 0 Å². The van der Waals surface area contributed by atoms with Crippen molar-refractivity contribution in [2.75, 3.05) is 0 Å². The smallest absolute Gasteiger partial charge is 0.357 e. The van der Waals surface area contributed by atoms with Crippen LogP contribution in [0.4, 0.5) is 0 Å². The third-order valence-corrected chi connectivity index (χ3v) is 4.42. The molecule has 1 aromatic heterocycles. The molecule has 4 heteroatoms. The number of halogens is 1. The van der Waals surface area contributed by atoms with Crippen molar-refractivity contribution < 1.29 is 9.53 Å². The van der Waals surface area contributed by atoms with Crippen LogP contribution >= 0.6 is 11.6 Å². The number of benzene rings is 1. The maximum Gasteiger partial charge on any atom is 0.357 e. The van der Waals surface area contributed by atoms with Crippen LogP contribution in [-0.4, -0.2) is 17.1 Å². The lowest BCUT2D eigenvalue weighted by Crippen LogP contribution is -2.24. The standard InChI is InChI=1S/C17H18ClNO2/c1-11-6-8-12(9-7-11)21-17(20)16-10-14(18)13-4-2-3-5-15(13)19-16/h2-5,10-12H,6-9H2,1H3. The van der Waals surface area contributed by atoms with Crippen LogP contribution in [0, 0.1) is 5.92 Å². The number of aromatic nitrogens is 1. The molecule has 0 spiro atoms. The number of hydrogen-bond acceptors (Lipinski definition) is 3. The topological polar surface area (TPSA) is 39.2 Å². The van der Waals surface area contributed by atoms with Gasteiger partial charge in [0, 0.05) is 5.39 Å². The Labute approximate surface area is 129 Å². The Hall–Kier alpha value is -1.61. The lowest BCUT2D eigenvalue weighted by molar-refractivity contribution is 0.0168. The zero-order valence-corrected chi connectivity index (χ0v) is 12.8. The molecule has 1 aliphatic carbocycles. The van der Waals surface area contributed by atoms with Gasteiger partial charge >= 0.3 is 5.97 Å². The van der Waals surface area contributed by atoms with Gasteiger partial charge in [-0.3, -0.25) is 0 Å². The zero-order valence-electron chi connectivity index (χ0n) is 12.0. The summed E-state index contributed by atoms with van der Waals surface area (Å²) in [6.07, 6.45) is 4.12. The molecule has 110 valence electrons. The second-order valence-corrected chi connectivity index (χ2v) is 6.20. The summed E-state index contributed by atoms with van der Waals surface area (Å²) in [5, 5.41) is 1.38. The molecule has 1 aliphatic rings. The second kappa shape index (κ2) is 6.02. The molecule has 0 aliphatic heterocycles. The van der Waals surface area contributed by atoms with E-state index in [1.54, 1.807) is 6.07 Å². The fraction of sp³-hybridized carbons (Fsp3) is 0.412. The maximum atomic E-state index is 12.2. The number of hydrogen-bond donors (Lipinski definition) is 0. The lowest BCUT2D eigenvalue weighted by atomic mass is 9.89. The molecule has 0 radical (unpaired) electrons. The highest BCUT2D eigenvalue weighted by Gasteiger charge is 2.23. The van der Waals surface area contributed by atoms with Crippen LogP contribution in [-0.2, 0) is 4.74 Å². The van der Waals surface area contributed by atoms with E-state index in [4.69, 9.17) is 16.3 Å². The van der Waals surface area contributed by atoms with Crippen molar-refractivity contribution >= 4 is 28.5 Å². The summed E-state index contributed by atoms with van der Waals surface area (Å²) in [6, 6.07) is 9.11. The van der Waals surface area contributed by atoms with Gasteiger partial charge in [0.2, 0.25) is 0 Å². The molecule has 1 fully saturated rings. The average Bonchev–Trinajstić information content (AvgIpc) is 2.49. The molecule has 0 saturated heterocycles. The number of carbonyl (C=O) groups excluding carboxylic acids is 1. The molecule has 0 unspecified atom stereocenters. The molecule has 0 N–H and O–H groups in total. The molecule has 0 amide bonds. The first-order chi connectivity index (χ1) is 10.1. The van der Waals surface area contributed by atoms with Gasteiger partial charge in [-0.1, -0.05) is 36.7 Å². The Balaban J connectivity index is 1.78. The highest BCUT2D eigenvalue weighted by molar-refractivity contribution is 6.35. The molecule has 2 aromatic rings. The van der Waals surface area contributed by atoms with Gasteiger partial charge in [-0.2, -0.15) is 0 Å². The van der Waals surface area contributed by atoms with Gasteiger partial charge < -0.3 is 4.74 Å². The fourth-order valence-corrected chi connectivity index (χ4v) is 3.06. The first kappa shape index (κ1) is 14.3. The first-order valence-corrected chi connectivity index (χ1v) is 7.77. The van der Waals surface area contributed by atoms with Crippen molar-refractivity contribution in [1.82, 2.24) is 4.98 Å². The van der Waals surface area contributed by atoms with Gasteiger partial charge in [-0.15, -0.1) is 0 Å². The number of nitrogens with zero attached hydrogens (tertiary/aromatic N) is 1. The van der Waals surface area contributed by atoms with E-state index < -0.39 is 0 Å². The van der Waals surface area contributed by atoms with Crippen LogP contribution < -0.4 is 0 Å². The summed E-state index contributed by atoms with van der Waals surface area (Å²) < 4.78 is 5.57. The van der Waals surface area contributed by atoms with Gasteiger partial charge in [-0.05, 0) is 43.7 Å². The van der Waals surface area contributed by atoms with Crippen LogP contribution in [0.1, 0.15) is 43.1 Å². The number of fused-ring (bicyclic) bond motifs is 1. The summed E-state index contributed by atoms with van der Waals surface area (Å²) in [5.41, 5.74) is 1.01. The number of para-hydroxylation sites is 1. The minimum Gasteiger partial charge on any atom is -0.458 e. The summed E-state index contributed by atoms with van der Waals surface area (Å²) >= 11 is 6.22. The number of esters is 1.